The number of carbonyl (C=O) groups is 1. The van der Waals surface area contributed by atoms with E-state index >= 15 is 0 Å². The van der Waals surface area contributed by atoms with E-state index in [-0.39, 0.29) is 11.8 Å². The largest absolute Gasteiger partial charge is 0.370 e. The highest BCUT2D eigenvalue weighted by Crippen LogP contribution is 2.18. The fraction of sp³-hybridized carbons (Fsp3) is 0.571. The predicted molar refractivity (Wildman–Crippen MR) is 77.3 cm³/mol. The van der Waals surface area contributed by atoms with Gasteiger partial charge >= 0.3 is 0 Å². The molecule has 2 heterocycles. The average molecular weight is 262 g/mol. The number of nitrogens with zero attached hydrogens (tertiary/aromatic N) is 2. The van der Waals surface area contributed by atoms with Crippen molar-refractivity contribution >= 4 is 17.4 Å². The standard InChI is InChI=1S/C14H22N4O/c1-3-15-13-7-6-12(9-16-13)17-14(19)11-5-4-8-18(2)10-11/h6-7,9,11H,3-5,8,10H2,1-2H3,(H,15,16)(H,17,19). The Morgan fingerprint density at radius 3 is 3.00 bits per heavy atom. The molecule has 1 aliphatic heterocycles. The molecule has 2 N–H and O–H groups in total. The van der Waals surface area contributed by atoms with Crippen LogP contribution in [0.15, 0.2) is 18.3 Å². The minimum absolute atomic E-state index is 0.0900. The van der Waals surface area contributed by atoms with E-state index in [1.807, 2.05) is 19.1 Å². The van der Waals surface area contributed by atoms with E-state index in [0.717, 1.165) is 44.0 Å². The van der Waals surface area contributed by atoms with Gasteiger partial charge in [0.05, 0.1) is 17.8 Å². The second-order valence-corrected chi connectivity index (χ2v) is 5.05. The van der Waals surface area contributed by atoms with Gasteiger partial charge in [0.25, 0.3) is 0 Å². The molecule has 5 nitrogen and oxygen atoms in total. The molecule has 104 valence electrons. The monoisotopic (exact) mass is 262 g/mol. The van der Waals surface area contributed by atoms with Crippen molar-refractivity contribution < 1.29 is 4.79 Å². The summed E-state index contributed by atoms with van der Waals surface area (Å²) in [7, 11) is 2.06. The van der Waals surface area contributed by atoms with Crippen LogP contribution in [0.4, 0.5) is 11.5 Å². The van der Waals surface area contributed by atoms with Gasteiger partial charge in [-0.3, -0.25) is 4.79 Å². The lowest BCUT2D eigenvalue weighted by molar-refractivity contribution is -0.121. The van der Waals surface area contributed by atoms with Gasteiger partial charge in [0.2, 0.25) is 5.91 Å². The molecule has 5 heteroatoms. The summed E-state index contributed by atoms with van der Waals surface area (Å²) in [6.07, 6.45) is 3.76. The number of piperidine rings is 1. The number of hydrogen-bond donors (Lipinski definition) is 2. The van der Waals surface area contributed by atoms with Crippen molar-refractivity contribution in [2.24, 2.45) is 5.92 Å². The topological polar surface area (TPSA) is 57.3 Å². The molecule has 0 aromatic carbocycles. The van der Waals surface area contributed by atoms with Crippen LogP contribution in [0.3, 0.4) is 0 Å². The summed E-state index contributed by atoms with van der Waals surface area (Å²) in [5, 5.41) is 6.07. The van der Waals surface area contributed by atoms with Crippen molar-refractivity contribution in [2.75, 3.05) is 37.3 Å². The Balaban J connectivity index is 1.90. The summed E-state index contributed by atoms with van der Waals surface area (Å²) in [4.78, 5) is 18.6. The SMILES string of the molecule is CCNc1ccc(NC(=O)C2CCCN(C)C2)cn1. The van der Waals surface area contributed by atoms with Gasteiger partial charge in [-0.25, -0.2) is 4.98 Å². The van der Waals surface area contributed by atoms with Gasteiger partial charge < -0.3 is 15.5 Å². The first-order valence-electron chi connectivity index (χ1n) is 6.88. The summed E-state index contributed by atoms with van der Waals surface area (Å²) >= 11 is 0. The molecule has 0 aliphatic carbocycles. The number of carbonyl (C=O) groups excluding carboxylic acids is 1. The Bertz CT molecular complexity index is 418. The molecule has 0 saturated carbocycles. The summed E-state index contributed by atoms with van der Waals surface area (Å²) in [5.74, 6) is 1.02. The third-order valence-electron chi connectivity index (χ3n) is 3.38. The predicted octanol–water partition coefficient (Wildman–Crippen LogP) is 1.79. The number of amides is 1. The van der Waals surface area contributed by atoms with Crippen molar-refractivity contribution in [3.05, 3.63) is 18.3 Å². The average Bonchev–Trinajstić information content (AvgIpc) is 2.41. The van der Waals surface area contributed by atoms with Crippen molar-refractivity contribution in [3.63, 3.8) is 0 Å². The van der Waals surface area contributed by atoms with Gasteiger partial charge in [-0.1, -0.05) is 0 Å². The molecule has 0 spiro atoms. The summed E-state index contributed by atoms with van der Waals surface area (Å²) in [5.41, 5.74) is 0.764. The van der Waals surface area contributed by atoms with Crippen LogP contribution in [-0.4, -0.2) is 42.5 Å². The molecular weight excluding hydrogens is 240 g/mol. The van der Waals surface area contributed by atoms with E-state index in [9.17, 15) is 4.79 Å². The van der Waals surface area contributed by atoms with E-state index in [2.05, 4.69) is 27.6 Å². The number of likely N-dealkylation sites (tertiary alicyclic amines) is 1. The molecule has 1 saturated heterocycles. The molecule has 1 unspecified atom stereocenters. The van der Waals surface area contributed by atoms with Crippen LogP contribution in [0, 0.1) is 5.92 Å². The maximum atomic E-state index is 12.1. The van der Waals surface area contributed by atoms with E-state index in [1.54, 1.807) is 6.20 Å². The van der Waals surface area contributed by atoms with Gasteiger partial charge in [0, 0.05) is 13.1 Å². The second-order valence-electron chi connectivity index (χ2n) is 5.05. The molecule has 2 rings (SSSR count). The molecule has 0 radical (unpaired) electrons. The fourth-order valence-electron chi connectivity index (χ4n) is 2.38. The van der Waals surface area contributed by atoms with Crippen LogP contribution in [0.5, 0.6) is 0 Å². The molecule has 1 amide bonds. The maximum Gasteiger partial charge on any atom is 0.228 e. The zero-order valence-corrected chi connectivity index (χ0v) is 11.6. The molecule has 1 aromatic rings. The minimum Gasteiger partial charge on any atom is -0.370 e. The first-order valence-corrected chi connectivity index (χ1v) is 6.88. The number of nitrogens with one attached hydrogen (secondary N) is 2. The fourth-order valence-corrected chi connectivity index (χ4v) is 2.38. The van der Waals surface area contributed by atoms with Gasteiger partial charge in [-0.2, -0.15) is 0 Å². The Labute approximate surface area is 114 Å². The normalized spacial score (nSPS) is 20.0. The van der Waals surface area contributed by atoms with Crippen LogP contribution in [0.25, 0.3) is 0 Å². The lowest BCUT2D eigenvalue weighted by Crippen LogP contribution is -2.38. The Kier molecular flexibility index (Phi) is 4.74. The van der Waals surface area contributed by atoms with E-state index < -0.39 is 0 Å². The molecule has 1 fully saturated rings. The molecule has 0 bridgehead atoms. The van der Waals surface area contributed by atoms with Crippen molar-refractivity contribution in [1.82, 2.24) is 9.88 Å². The van der Waals surface area contributed by atoms with Gasteiger partial charge in [-0.05, 0) is 45.5 Å². The smallest absolute Gasteiger partial charge is 0.228 e. The highest BCUT2D eigenvalue weighted by Gasteiger charge is 2.23. The molecule has 1 atom stereocenters. The number of anilines is 2. The maximum absolute atomic E-state index is 12.1. The third-order valence-corrected chi connectivity index (χ3v) is 3.38. The van der Waals surface area contributed by atoms with Crippen LogP contribution in [0.2, 0.25) is 0 Å². The first-order chi connectivity index (χ1) is 9.19. The lowest BCUT2D eigenvalue weighted by atomic mass is 9.97. The number of pyridine rings is 1. The van der Waals surface area contributed by atoms with Crippen molar-refractivity contribution in [1.29, 1.82) is 0 Å². The van der Waals surface area contributed by atoms with Crippen LogP contribution in [0.1, 0.15) is 19.8 Å². The third kappa shape index (κ3) is 3.92. The number of rotatable bonds is 4. The summed E-state index contributed by atoms with van der Waals surface area (Å²) < 4.78 is 0. The quantitative estimate of drug-likeness (QED) is 0.868. The van der Waals surface area contributed by atoms with E-state index in [0.29, 0.717) is 0 Å². The Morgan fingerprint density at radius 2 is 2.37 bits per heavy atom. The summed E-state index contributed by atoms with van der Waals surface area (Å²) in [6, 6.07) is 3.77. The van der Waals surface area contributed by atoms with E-state index in [1.165, 1.54) is 0 Å². The van der Waals surface area contributed by atoms with Crippen LogP contribution >= 0.6 is 0 Å². The molecule has 19 heavy (non-hydrogen) atoms. The zero-order chi connectivity index (χ0) is 13.7. The van der Waals surface area contributed by atoms with Gasteiger partial charge in [-0.15, -0.1) is 0 Å². The zero-order valence-electron chi connectivity index (χ0n) is 11.6. The van der Waals surface area contributed by atoms with Gasteiger partial charge in [0.1, 0.15) is 5.82 Å². The first kappa shape index (κ1) is 13.8. The van der Waals surface area contributed by atoms with E-state index in [4.69, 9.17) is 0 Å². The van der Waals surface area contributed by atoms with Crippen LogP contribution in [-0.2, 0) is 4.79 Å². The van der Waals surface area contributed by atoms with Crippen LogP contribution < -0.4 is 10.6 Å². The van der Waals surface area contributed by atoms with Crippen molar-refractivity contribution in [2.45, 2.75) is 19.8 Å². The molecular formula is C14H22N4O. The van der Waals surface area contributed by atoms with Crippen molar-refractivity contribution in [3.8, 4) is 0 Å². The molecule has 1 aromatic heterocycles. The minimum atomic E-state index is 0.0900. The Hall–Kier alpha value is -1.62. The number of aromatic nitrogens is 1. The molecule has 1 aliphatic rings. The Morgan fingerprint density at radius 1 is 1.53 bits per heavy atom. The highest BCUT2D eigenvalue weighted by atomic mass is 16.1. The lowest BCUT2D eigenvalue weighted by Gasteiger charge is -2.28. The number of hydrogen-bond acceptors (Lipinski definition) is 4. The summed E-state index contributed by atoms with van der Waals surface area (Å²) in [6.45, 7) is 4.79. The highest BCUT2D eigenvalue weighted by molar-refractivity contribution is 5.92. The second kappa shape index (κ2) is 6.52. The van der Waals surface area contributed by atoms with Gasteiger partial charge in [0.15, 0.2) is 0 Å².